The molecule has 0 bridgehead atoms. The van der Waals surface area contributed by atoms with Crippen LogP contribution in [0, 0.1) is 5.92 Å². The minimum absolute atomic E-state index is 0.0123. The molecule has 0 aliphatic carbocycles. The SMILES string of the molecule is CCc1c(Oc2cccc(N3CCN(C)CC3)c2Cl)nc(NS(=O)(=O)c2cnn(C)c2)nc1-c1ccc(OCC(C)C)cc1. The van der Waals surface area contributed by atoms with Crippen LogP contribution in [0.2, 0.25) is 5.02 Å². The Labute approximate surface area is 263 Å². The van der Waals surface area contributed by atoms with Crippen molar-refractivity contribution in [1.29, 1.82) is 0 Å². The number of aryl methyl sites for hydroxylation is 1. The molecule has 234 valence electrons. The average Bonchev–Trinajstić information content (AvgIpc) is 3.45. The van der Waals surface area contributed by atoms with E-state index in [2.05, 4.69) is 50.5 Å². The number of nitrogens with one attached hydrogen (secondary N) is 1. The zero-order valence-corrected chi connectivity index (χ0v) is 27.2. The van der Waals surface area contributed by atoms with Gasteiger partial charge in [-0.15, -0.1) is 0 Å². The maximum atomic E-state index is 13.2. The van der Waals surface area contributed by atoms with Crippen LogP contribution >= 0.6 is 11.6 Å². The van der Waals surface area contributed by atoms with Crippen molar-refractivity contribution < 1.29 is 17.9 Å². The van der Waals surface area contributed by atoms with Crippen LogP contribution in [0.15, 0.2) is 59.8 Å². The summed E-state index contributed by atoms with van der Waals surface area (Å²) in [5.74, 6) is 1.61. The first-order chi connectivity index (χ1) is 21.0. The van der Waals surface area contributed by atoms with E-state index >= 15 is 0 Å². The van der Waals surface area contributed by atoms with Gasteiger partial charge in [-0.05, 0) is 55.8 Å². The summed E-state index contributed by atoms with van der Waals surface area (Å²) in [4.78, 5) is 13.7. The van der Waals surface area contributed by atoms with Crippen LogP contribution in [0.25, 0.3) is 11.3 Å². The highest BCUT2D eigenvalue weighted by Crippen LogP contribution is 2.40. The Kier molecular flexibility index (Phi) is 9.62. The molecular formula is C31H38ClN7O4S. The third-order valence-corrected chi connectivity index (χ3v) is 8.91. The zero-order chi connectivity index (χ0) is 31.4. The van der Waals surface area contributed by atoms with Crippen molar-refractivity contribution in [2.75, 3.05) is 49.5 Å². The summed E-state index contributed by atoms with van der Waals surface area (Å²) in [6, 6.07) is 13.2. The van der Waals surface area contributed by atoms with Gasteiger partial charge in [0.1, 0.15) is 21.4 Å². The van der Waals surface area contributed by atoms with E-state index < -0.39 is 10.0 Å². The summed E-state index contributed by atoms with van der Waals surface area (Å²) in [6.07, 6.45) is 3.18. The first kappa shape index (κ1) is 31.6. The van der Waals surface area contributed by atoms with Crippen LogP contribution in [0.5, 0.6) is 17.4 Å². The fourth-order valence-corrected chi connectivity index (χ4v) is 6.02. The third-order valence-electron chi connectivity index (χ3n) is 7.24. The third kappa shape index (κ3) is 7.25. The molecule has 1 aliphatic rings. The number of rotatable bonds is 11. The molecule has 4 aromatic rings. The molecule has 44 heavy (non-hydrogen) atoms. The molecule has 2 aromatic carbocycles. The van der Waals surface area contributed by atoms with Crippen molar-refractivity contribution in [3.63, 3.8) is 0 Å². The number of hydrogen-bond donors (Lipinski definition) is 1. The fourth-order valence-electron chi connectivity index (χ4n) is 4.81. The number of anilines is 2. The van der Waals surface area contributed by atoms with E-state index in [0.717, 1.165) is 43.2 Å². The Morgan fingerprint density at radius 2 is 1.75 bits per heavy atom. The number of sulfonamides is 1. The fraction of sp³-hybridized carbons (Fsp3) is 0.387. The molecule has 1 N–H and O–H groups in total. The Hall–Kier alpha value is -3.87. The maximum absolute atomic E-state index is 13.2. The molecule has 13 heteroatoms. The Morgan fingerprint density at radius 3 is 2.39 bits per heavy atom. The maximum Gasteiger partial charge on any atom is 0.267 e. The van der Waals surface area contributed by atoms with Gasteiger partial charge in [-0.2, -0.15) is 10.1 Å². The number of aromatic nitrogens is 4. The monoisotopic (exact) mass is 639 g/mol. The standard InChI is InChI=1S/C31H38ClN7O4S/c1-6-25-29(22-10-12-23(13-11-22)42-20-21(2)3)34-31(36-44(40,41)24-18-33-38(5)19-24)35-30(25)43-27-9-7-8-26(28(27)32)39-16-14-37(4)15-17-39/h7-13,18-19,21H,6,14-17,20H2,1-5H3,(H,34,35,36). The minimum Gasteiger partial charge on any atom is -0.493 e. The summed E-state index contributed by atoms with van der Waals surface area (Å²) >= 11 is 6.92. The molecule has 1 aliphatic heterocycles. The Morgan fingerprint density at radius 1 is 1.02 bits per heavy atom. The summed E-state index contributed by atoms with van der Waals surface area (Å²) < 4.78 is 42.6. The van der Waals surface area contributed by atoms with E-state index in [1.807, 2.05) is 43.3 Å². The van der Waals surface area contributed by atoms with Crippen LogP contribution < -0.4 is 19.1 Å². The van der Waals surface area contributed by atoms with Gasteiger partial charge in [-0.1, -0.05) is 38.4 Å². The highest BCUT2D eigenvalue weighted by Gasteiger charge is 2.24. The van der Waals surface area contributed by atoms with Crippen LogP contribution in [-0.4, -0.2) is 72.9 Å². The molecular weight excluding hydrogens is 602 g/mol. The summed E-state index contributed by atoms with van der Waals surface area (Å²) in [6.45, 7) is 10.3. The van der Waals surface area contributed by atoms with Crippen LogP contribution in [0.1, 0.15) is 26.3 Å². The van der Waals surface area contributed by atoms with Gasteiger partial charge in [0, 0.05) is 50.6 Å². The molecule has 0 amide bonds. The number of nitrogens with zero attached hydrogens (tertiary/aromatic N) is 6. The van der Waals surface area contributed by atoms with Crippen molar-refractivity contribution in [2.24, 2.45) is 13.0 Å². The lowest BCUT2D eigenvalue weighted by Gasteiger charge is -2.34. The lowest BCUT2D eigenvalue weighted by atomic mass is 10.0. The Bertz CT molecular complexity index is 1700. The van der Waals surface area contributed by atoms with E-state index in [4.69, 9.17) is 21.1 Å². The van der Waals surface area contributed by atoms with Crippen molar-refractivity contribution >= 4 is 33.3 Å². The van der Waals surface area contributed by atoms with Crippen molar-refractivity contribution in [1.82, 2.24) is 24.6 Å². The highest BCUT2D eigenvalue weighted by atomic mass is 35.5. The molecule has 5 rings (SSSR count). The number of likely N-dealkylation sites (N-methyl/N-ethyl adjacent to an activating group) is 1. The molecule has 0 unspecified atom stereocenters. The van der Waals surface area contributed by atoms with Crippen molar-refractivity contribution in [2.45, 2.75) is 32.1 Å². The number of halogens is 1. The summed E-state index contributed by atoms with van der Waals surface area (Å²) in [5.41, 5.74) is 2.86. The second-order valence-electron chi connectivity index (χ2n) is 11.2. The number of hydrogen-bond acceptors (Lipinski definition) is 9. The molecule has 2 aromatic heterocycles. The van der Waals surface area contributed by atoms with Gasteiger partial charge in [0.15, 0.2) is 0 Å². The quantitative estimate of drug-likeness (QED) is 0.228. The first-order valence-electron chi connectivity index (χ1n) is 14.6. The second-order valence-corrected chi connectivity index (χ2v) is 13.3. The predicted molar refractivity (Wildman–Crippen MR) is 172 cm³/mol. The number of ether oxygens (including phenoxy) is 2. The molecule has 0 saturated carbocycles. The summed E-state index contributed by atoms with van der Waals surface area (Å²) in [7, 11) is -0.283. The van der Waals surface area contributed by atoms with Gasteiger partial charge in [0.05, 0.1) is 24.2 Å². The van der Waals surface area contributed by atoms with E-state index in [-0.39, 0.29) is 16.7 Å². The normalized spacial score (nSPS) is 14.2. The van der Waals surface area contributed by atoms with E-state index in [1.165, 1.54) is 17.1 Å². The molecule has 1 saturated heterocycles. The lowest BCUT2D eigenvalue weighted by Crippen LogP contribution is -2.44. The summed E-state index contributed by atoms with van der Waals surface area (Å²) in [5, 5.41) is 4.45. The van der Waals surface area contributed by atoms with Crippen molar-refractivity contribution in [3.05, 3.63) is 65.4 Å². The molecule has 1 fully saturated rings. The average molecular weight is 640 g/mol. The molecule has 11 nitrogen and oxygen atoms in total. The van der Waals surface area contributed by atoms with Gasteiger partial charge >= 0.3 is 0 Å². The molecule has 0 atom stereocenters. The molecule has 3 heterocycles. The lowest BCUT2D eigenvalue weighted by molar-refractivity contribution is 0.271. The molecule has 0 radical (unpaired) electrons. The predicted octanol–water partition coefficient (Wildman–Crippen LogP) is 5.47. The van der Waals surface area contributed by atoms with Crippen molar-refractivity contribution in [3.8, 4) is 28.6 Å². The highest BCUT2D eigenvalue weighted by molar-refractivity contribution is 7.92. The second kappa shape index (κ2) is 13.4. The number of benzene rings is 2. The zero-order valence-electron chi connectivity index (χ0n) is 25.6. The first-order valence-corrected chi connectivity index (χ1v) is 16.5. The van der Waals surface area contributed by atoms with Gasteiger partial charge < -0.3 is 19.3 Å². The van der Waals surface area contributed by atoms with E-state index in [9.17, 15) is 8.42 Å². The molecule has 0 spiro atoms. The van der Waals surface area contributed by atoms with E-state index in [0.29, 0.717) is 41.0 Å². The van der Waals surface area contributed by atoms with Gasteiger partial charge in [-0.3, -0.25) is 4.68 Å². The number of piperazine rings is 1. The Balaban J connectivity index is 1.55. The van der Waals surface area contributed by atoms with Gasteiger partial charge in [0.2, 0.25) is 11.8 Å². The van der Waals surface area contributed by atoms with Gasteiger partial charge in [-0.25, -0.2) is 18.1 Å². The van der Waals surface area contributed by atoms with Crippen LogP contribution in [0.4, 0.5) is 11.6 Å². The minimum atomic E-state index is -4.03. The largest absolute Gasteiger partial charge is 0.493 e. The van der Waals surface area contributed by atoms with E-state index in [1.54, 1.807) is 13.1 Å². The van der Waals surface area contributed by atoms with Crippen LogP contribution in [-0.2, 0) is 23.5 Å². The van der Waals surface area contributed by atoms with Gasteiger partial charge in [0.25, 0.3) is 10.0 Å². The van der Waals surface area contributed by atoms with Crippen LogP contribution in [0.3, 0.4) is 0 Å². The smallest absolute Gasteiger partial charge is 0.267 e. The topological polar surface area (TPSA) is 115 Å².